The quantitative estimate of drug-likeness (QED) is 0.815. The molecule has 1 unspecified atom stereocenters. The molecule has 1 heterocycles. The lowest BCUT2D eigenvalue weighted by atomic mass is 10.2. The number of hydrogen-bond donors (Lipinski definition) is 2. The molecule has 4 heteroatoms. The van der Waals surface area contributed by atoms with E-state index in [9.17, 15) is 0 Å². The van der Waals surface area contributed by atoms with Gasteiger partial charge in [-0.2, -0.15) is 5.10 Å². The zero-order valence-electron chi connectivity index (χ0n) is 10.6. The highest BCUT2D eigenvalue weighted by atomic mass is 16.3. The third kappa shape index (κ3) is 3.18. The van der Waals surface area contributed by atoms with Crippen LogP contribution >= 0.6 is 0 Å². The average Bonchev–Trinajstić information content (AvgIpc) is 2.90. The first kappa shape index (κ1) is 12.8. The molecule has 2 rings (SSSR count). The van der Waals surface area contributed by atoms with Crippen LogP contribution in [0.5, 0.6) is 0 Å². The minimum Gasteiger partial charge on any atom is -0.395 e. The van der Waals surface area contributed by atoms with Gasteiger partial charge in [0.15, 0.2) is 0 Å². The van der Waals surface area contributed by atoms with Crippen LogP contribution in [0.2, 0.25) is 0 Å². The number of hydrogen-bond acceptors (Lipinski definition) is 3. The molecule has 18 heavy (non-hydrogen) atoms. The van der Waals surface area contributed by atoms with Crippen LogP contribution in [0.4, 0.5) is 0 Å². The summed E-state index contributed by atoms with van der Waals surface area (Å²) in [6.45, 7) is 2.95. The van der Waals surface area contributed by atoms with E-state index in [-0.39, 0.29) is 12.6 Å². The average molecular weight is 245 g/mol. The molecule has 0 saturated heterocycles. The third-order valence-corrected chi connectivity index (χ3v) is 2.96. The zero-order chi connectivity index (χ0) is 12.8. The second-order valence-electron chi connectivity index (χ2n) is 4.30. The molecule has 0 fully saturated rings. The predicted molar refractivity (Wildman–Crippen MR) is 71.6 cm³/mol. The molecular weight excluding hydrogens is 226 g/mol. The Morgan fingerprint density at radius 2 is 2.11 bits per heavy atom. The highest BCUT2D eigenvalue weighted by Gasteiger charge is 2.05. The van der Waals surface area contributed by atoms with Crippen molar-refractivity contribution in [2.45, 2.75) is 25.9 Å². The van der Waals surface area contributed by atoms with E-state index in [4.69, 9.17) is 5.11 Å². The summed E-state index contributed by atoms with van der Waals surface area (Å²) in [4.78, 5) is 0. The summed E-state index contributed by atoms with van der Waals surface area (Å²) >= 11 is 0. The molecule has 0 saturated carbocycles. The summed E-state index contributed by atoms with van der Waals surface area (Å²) in [5, 5.41) is 16.7. The Morgan fingerprint density at radius 1 is 1.33 bits per heavy atom. The Bertz CT molecular complexity index is 463. The van der Waals surface area contributed by atoms with E-state index >= 15 is 0 Å². The van der Waals surface area contributed by atoms with E-state index in [2.05, 4.69) is 17.3 Å². The van der Waals surface area contributed by atoms with Crippen LogP contribution < -0.4 is 5.32 Å². The molecule has 0 aliphatic rings. The summed E-state index contributed by atoms with van der Waals surface area (Å²) in [7, 11) is 0. The maximum Gasteiger partial charge on any atom is 0.0645 e. The van der Waals surface area contributed by atoms with Crippen molar-refractivity contribution in [1.82, 2.24) is 15.1 Å². The van der Waals surface area contributed by atoms with E-state index in [0.717, 1.165) is 24.2 Å². The number of nitrogens with zero attached hydrogens (tertiary/aromatic N) is 2. The lowest BCUT2D eigenvalue weighted by Crippen LogP contribution is -2.31. The van der Waals surface area contributed by atoms with Gasteiger partial charge in [0.25, 0.3) is 0 Å². The van der Waals surface area contributed by atoms with Crippen LogP contribution in [0.1, 0.15) is 18.9 Å². The first-order valence-electron chi connectivity index (χ1n) is 6.26. The van der Waals surface area contributed by atoms with Crippen molar-refractivity contribution < 1.29 is 5.11 Å². The van der Waals surface area contributed by atoms with Gasteiger partial charge in [0.05, 0.1) is 18.5 Å². The number of aromatic nitrogens is 2. The summed E-state index contributed by atoms with van der Waals surface area (Å²) < 4.78 is 1.86. The molecule has 0 radical (unpaired) electrons. The standard InChI is InChI=1S/C14H19N3O/c1-2-13(11-18)15-8-12-9-16-17(10-12)14-6-4-3-5-7-14/h3-7,9-10,13,15,18H,2,8,11H2,1H3. The van der Waals surface area contributed by atoms with Gasteiger partial charge < -0.3 is 10.4 Å². The largest absolute Gasteiger partial charge is 0.395 e. The maximum atomic E-state index is 9.10. The first-order valence-corrected chi connectivity index (χ1v) is 6.26. The molecule has 0 aliphatic carbocycles. The SMILES string of the molecule is CCC(CO)NCc1cnn(-c2ccccc2)c1. The van der Waals surface area contributed by atoms with Gasteiger partial charge in [-0.15, -0.1) is 0 Å². The first-order chi connectivity index (χ1) is 8.83. The van der Waals surface area contributed by atoms with Crippen LogP contribution in [0.15, 0.2) is 42.7 Å². The van der Waals surface area contributed by atoms with Gasteiger partial charge in [-0.1, -0.05) is 25.1 Å². The van der Waals surface area contributed by atoms with Crippen LogP contribution in [-0.4, -0.2) is 27.5 Å². The minimum atomic E-state index is 0.157. The van der Waals surface area contributed by atoms with E-state index in [1.54, 1.807) is 0 Å². The number of benzene rings is 1. The molecule has 0 spiro atoms. The monoisotopic (exact) mass is 245 g/mol. The van der Waals surface area contributed by atoms with Gasteiger partial charge in [-0.25, -0.2) is 4.68 Å². The normalized spacial score (nSPS) is 12.6. The second-order valence-corrected chi connectivity index (χ2v) is 4.30. The molecule has 0 bridgehead atoms. The van der Waals surface area contributed by atoms with Crippen molar-refractivity contribution in [3.63, 3.8) is 0 Å². The van der Waals surface area contributed by atoms with E-state index < -0.39 is 0 Å². The second kappa shape index (κ2) is 6.33. The van der Waals surface area contributed by atoms with Crippen LogP contribution in [0, 0.1) is 0 Å². The summed E-state index contributed by atoms with van der Waals surface area (Å²) in [5.74, 6) is 0. The maximum absolute atomic E-state index is 9.10. The number of aliphatic hydroxyl groups is 1. The van der Waals surface area contributed by atoms with E-state index in [1.807, 2.05) is 47.4 Å². The Labute approximate surface area is 107 Å². The smallest absolute Gasteiger partial charge is 0.0645 e. The van der Waals surface area contributed by atoms with Crippen molar-refractivity contribution in [2.24, 2.45) is 0 Å². The summed E-state index contributed by atoms with van der Waals surface area (Å²) in [6.07, 6.45) is 4.78. The number of para-hydroxylation sites is 1. The van der Waals surface area contributed by atoms with E-state index in [1.165, 1.54) is 0 Å². The van der Waals surface area contributed by atoms with Crippen LogP contribution in [0.3, 0.4) is 0 Å². The van der Waals surface area contributed by atoms with Gasteiger partial charge in [-0.05, 0) is 18.6 Å². The van der Waals surface area contributed by atoms with E-state index in [0.29, 0.717) is 0 Å². The lowest BCUT2D eigenvalue weighted by molar-refractivity contribution is 0.238. The molecular formula is C14H19N3O. The molecule has 4 nitrogen and oxygen atoms in total. The van der Waals surface area contributed by atoms with Crippen molar-refractivity contribution in [2.75, 3.05) is 6.61 Å². The Kier molecular flexibility index (Phi) is 4.50. The Balaban J connectivity index is 1.98. The highest BCUT2D eigenvalue weighted by Crippen LogP contribution is 2.07. The fourth-order valence-corrected chi connectivity index (χ4v) is 1.77. The van der Waals surface area contributed by atoms with Gasteiger partial charge >= 0.3 is 0 Å². The molecule has 96 valence electrons. The minimum absolute atomic E-state index is 0.157. The van der Waals surface area contributed by atoms with Crippen LogP contribution in [0.25, 0.3) is 5.69 Å². The zero-order valence-corrected chi connectivity index (χ0v) is 10.6. The van der Waals surface area contributed by atoms with Gasteiger partial charge in [0.2, 0.25) is 0 Å². The van der Waals surface area contributed by atoms with Crippen molar-refractivity contribution >= 4 is 0 Å². The summed E-state index contributed by atoms with van der Waals surface area (Å²) in [5.41, 5.74) is 2.17. The van der Waals surface area contributed by atoms with Crippen LogP contribution in [-0.2, 0) is 6.54 Å². The van der Waals surface area contributed by atoms with Crippen molar-refractivity contribution in [3.05, 3.63) is 48.3 Å². The van der Waals surface area contributed by atoms with Gasteiger partial charge in [-0.3, -0.25) is 0 Å². The molecule has 2 aromatic rings. The molecule has 1 atom stereocenters. The molecule has 1 aromatic heterocycles. The Morgan fingerprint density at radius 3 is 2.78 bits per heavy atom. The summed E-state index contributed by atoms with van der Waals surface area (Å²) in [6, 6.07) is 10.2. The van der Waals surface area contributed by atoms with Crippen molar-refractivity contribution in [3.8, 4) is 5.69 Å². The number of rotatable bonds is 6. The predicted octanol–water partition coefficient (Wildman–Crippen LogP) is 1.73. The number of nitrogens with one attached hydrogen (secondary N) is 1. The van der Waals surface area contributed by atoms with Gasteiger partial charge in [0.1, 0.15) is 0 Å². The van der Waals surface area contributed by atoms with Gasteiger partial charge in [0, 0.05) is 24.3 Å². The van der Waals surface area contributed by atoms with Crippen molar-refractivity contribution in [1.29, 1.82) is 0 Å². The Hall–Kier alpha value is -1.65. The fraction of sp³-hybridized carbons (Fsp3) is 0.357. The third-order valence-electron chi connectivity index (χ3n) is 2.96. The molecule has 2 N–H and O–H groups in total. The fourth-order valence-electron chi connectivity index (χ4n) is 1.77. The number of aliphatic hydroxyl groups excluding tert-OH is 1. The lowest BCUT2D eigenvalue weighted by Gasteiger charge is -2.12. The molecule has 0 aliphatic heterocycles. The topological polar surface area (TPSA) is 50.1 Å². The highest BCUT2D eigenvalue weighted by molar-refractivity contribution is 5.30. The molecule has 0 amide bonds. The molecule has 1 aromatic carbocycles.